The number of aliphatic imine (C=N–C) groups is 1. The van der Waals surface area contributed by atoms with Gasteiger partial charge in [0.1, 0.15) is 0 Å². The van der Waals surface area contributed by atoms with Crippen LogP contribution in [-0.2, 0) is 0 Å². The molecule has 0 aromatic rings. The Morgan fingerprint density at radius 2 is 1.92 bits per heavy atom. The molecule has 6 heteroatoms. The molecule has 1 heterocycles. The van der Waals surface area contributed by atoms with E-state index in [1.807, 2.05) is 0 Å². The van der Waals surface area contributed by atoms with Crippen molar-refractivity contribution >= 4 is 29.9 Å². The third-order valence-electron chi connectivity index (χ3n) is 4.68. The molecule has 1 aliphatic rings. The predicted octanol–water partition coefficient (Wildman–Crippen LogP) is 2.69. The number of aliphatic hydroxyl groups excluding tert-OH is 1. The van der Waals surface area contributed by atoms with Gasteiger partial charge in [0.25, 0.3) is 0 Å². The summed E-state index contributed by atoms with van der Waals surface area (Å²) < 4.78 is 0. The largest absolute Gasteiger partial charge is 0.396 e. The Hall–Kier alpha value is -0.0800. The summed E-state index contributed by atoms with van der Waals surface area (Å²) >= 11 is 0. The summed E-state index contributed by atoms with van der Waals surface area (Å²) in [6.07, 6.45) is 5.79. The standard InChI is InChI=1S/C18H38N4O.HI/c1-4-6-17(9-14-23)15-21-18(19-5-2)20-10-13-22-11-7-16(3)8-12-22;/h16-17,23H,4-15H2,1-3H3,(H2,19,20,21);1H. The highest BCUT2D eigenvalue weighted by atomic mass is 127. The molecule has 1 aliphatic heterocycles. The van der Waals surface area contributed by atoms with Gasteiger partial charge in [-0.15, -0.1) is 24.0 Å². The lowest BCUT2D eigenvalue weighted by Crippen LogP contribution is -2.43. The van der Waals surface area contributed by atoms with E-state index in [4.69, 9.17) is 10.1 Å². The molecule has 1 atom stereocenters. The smallest absolute Gasteiger partial charge is 0.191 e. The van der Waals surface area contributed by atoms with E-state index in [-0.39, 0.29) is 30.6 Å². The molecule has 0 aliphatic carbocycles. The SMILES string of the molecule is CCCC(CCO)CN=C(NCC)NCCN1CCC(C)CC1.I. The molecule has 3 N–H and O–H groups in total. The third-order valence-corrected chi connectivity index (χ3v) is 4.68. The number of halogens is 1. The van der Waals surface area contributed by atoms with E-state index in [0.717, 1.165) is 57.3 Å². The second-order valence-electron chi connectivity index (χ2n) is 6.84. The number of nitrogens with one attached hydrogen (secondary N) is 2. The van der Waals surface area contributed by atoms with Crippen molar-refractivity contribution in [1.82, 2.24) is 15.5 Å². The normalized spacial score (nSPS) is 18.1. The van der Waals surface area contributed by atoms with Crippen LogP contribution in [0.4, 0.5) is 0 Å². The van der Waals surface area contributed by atoms with Gasteiger partial charge in [0, 0.05) is 32.8 Å². The average molecular weight is 454 g/mol. The molecular weight excluding hydrogens is 415 g/mol. The number of nitrogens with zero attached hydrogens (tertiary/aromatic N) is 2. The highest BCUT2D eigenvalue weighted by Crippen LogP contribution is 2.15. The number of hydrogen-bond donors (Lipinski definition) is 3. The summed E-state index contributed by atoms with van der Waals surface area (Å²) in [6, 6.07) is 0. The number of rotatable bonds is 10. The fraction of sp³-hybridized carbons (Fsp3) is 0.944. The van der Waals surface area contributed by atoms with E-state index in [1.54, 1.807) is 0 Å². The van der Waals surface area contributed by atoms with E-state index in [9.17, 15) is 0 Å². The van der Waals surface area contributed by atoms with E-state index in [0.29, 0.717) is 5.92 Å². The van der Waals surface area contributed by atoms with Gasteiger partial charge < -0.3 is 20.6 Å². The molecular formula is C18H39IN4O. The van der Waals surface area contributed by atoms with Gasteiger partial charge in [-0.2, -0.15) is 0 Å². The zero-order valence-corrected chi connectivity index (χ0v) is 18.2. The highest BCUT2D eigenvalue weighted by molar-refractivity contribution is 14.0. The summed E-state index contributed by atoms with van der Waals surface area (Å²) in [5, 5.41) is 15.9. The third kappa shape index (κ3) is 10.7. The van der Waals surface area contributed by atoms with Crippen molar-refractivity contribution in [2.45, 2.75) is 52.9 Å². The summed E-state index contributed by atoms with van der Waals surface area (Å²) in [5.41, 5.74) is 0. The number of aliphatic hydroxyl groups is 1. The fourth-order valence-electron chi connectivity index (χ4n) is 3.10. The highest BCUT2D eigenvalue weighted by Gasteiger charge is 2.15. The molecule has 24 heavy (non-hydrogen) atoms. The molecule has 144 valence electrons. The van der Waals surface area contributed by atoms with Gasteiger partial charge in [-0.25, -0.2) is 0 Å². The van der Waals surface area contributed by atoms with Crippen LogP contribution in [0.15, 0.2) is 4.99 Å². The van der Waals surface area contributed by atoms with Crippen molar-refractivity contribution in [3.63, 3.8) is 0 Å². The van der Waals surface area contributed by atoms with Gasteiger partial charge in [-0.05, 0) is 57.5 Å². The number of piperidine rings is 1. The van der Waals surface area contributed by atoms with Crippen LogP contribution < -0.4 is 10.6 Å². The van der Waals surface area contributed by atoms with Gasteiger partial charge in [-0.3, -0.25) is 4.99 Å². The first-order valence-corrected chi connectivity index (χ1v) is 9.54. The van der Waals surface area contributed by atoms with Crippen LogP contribution >= 0.6 is 24.0 Å². The van der Waals surface area contributed by atoms with Crippen LogP contribution in [0.25, 0.3) is 0 Å². The zero-order valence-electron chi connectivity index (χ0n) is 15.9. The molecule has 1 fully saturated rings. The minimum Gasteiger partial charge on any atom is -0.396 e. The second-order valence-corrected chi connectivity index (χ2v) is 6.84. The maximum absolute atomic E-state index is 9.15. The maximum Gasteiger partial charge on any atom is 0.191 e. The molecule has 0 saturated carbocycles. The molecule has 1 rings (SSSR count). The maximum atomic E-state index is 9.15. The van der Waals surface area contributed by atoms with E-state index in [2.05, 4.69) is 36.3 Å². The molecule has 0 aromatic carbocycles. The molecule has 0 radical (unpaired) electrons. The lowest BCUT2D eigenvalue weighted by Gasteiger charge is -2.30. The van der Waals surface area contributed by atoms with Crippen LogP contribution in [0.5, 0.6) is 0 Å². The Balaban J connectivity index is 0.00000529. The Labute approximate surface area is 166 Å². The van der Waals surface area contributed by atoms with Crippen LogP contribution in [-0.4, -0.2) is 61.8 Å². The number of guanidine groups is 1. The Morgan fingerprint density at radius 1 is 1.21 bits per heavy atom. The average Bonchev–Trinajstić information content (AvgIpc) is 2.54. The first-order valence-electron chi connectivity index (χ1n) is 9.54. The lowest BCUT2D eigenvalue weighted by molar-refractivity contribution is 0.195. The Morgan fingerprint density at radius 3 is 2.50 bits per heavy atom. The van der Waals surface area contributed by atoms with Crippen molar-refractivity contribution in [3.8, 4) is 0 Å². The van der Waals surface area contributed by atoms with E-state index < -0.39 is 0 Å². The van der Waals surface area contributed by atoms with E-state index >= 15 is 0 Å². The monoisotopic (exact) mass is 454 g/mol. The van der Waals surface area contributed by atoms with Gasteiger partial charge in [0.05, 0.1) is 0 Å². The first-order chi connectivity index (χ1) is 11.2. The molecule has 0 bridgehead atoms. The van der Waals surface area contributed by atoms with Gasteiger partial charge in [-0.1, -0.05) is 20.3 Å². The lowest BCUT2D eigenvalue weighted by atomic mass is 9.99. The molecule has 1 saturated heterocycles. The number of hydrogen-bond acceptors (Lipinski definition) is 3. The van der Waals surface area contributed by atoms with Gasteiger partial charge in [0.2, 0.25) is 0 Å². The van der Waals surface area contributed by atoms with Crippen LogP contribution in [0.3, 0.4) is 0 Å². The summed E-state index contributed by atoms with van der Waals surface area (Å²) in [6.45, 7) is 13.1. The van der Waals surface area contributed by atoms with E-state index in [1.165, 1.54) is 25.9 Å². The van der Waals surface area contributed by atoms with Crippen molar-refractivity contribution in [2.75, 3.05) is 45.9 Å². The van der Waals surface area contributed by atoms with Crippen molar-refractivity contribution in [1.29, 1.82) is 0 Å². The molecule has 5 nitrogen and oxygen atoms in total. The van der Waals surface area contributed by atoms with Crippen molar-refractivity contribution in [2.24, 2.45) is 16.8 Å². The minimum absolute atomic E-state index is 0. The molecule has 0 spiro atoms. The fourth-order valence-corrected chi connectivity index (χ4v) is 3.10. The molecule has 1 unspecified atom stereocenters. The van der Waals surface area contributed by atoms with Crippen LogP contribution in [0.2, 0.25) is 0 Å². The molecule has 0 amide bonds. The summed E-state index contributed by atoms with van der Waals surface area (Å²) in [7, 11) is 0. The van der Waals surface area contributed by atoms with Gasteiger partial charge >= 0.3 is 0 Å². The summed E-state index contributed by atoms with van der Waals surface area (Å²) in [4.78, 5) is 7.25. The van der Waals surface area contributed by atoms with Crippen molar-refractivity contribution in [3.05, 3.63) is 0 Å². The first kappa shape index (κ1) is 23.9. The topological polar surface area (TPSA) is 59.9 Å². The van der Waals surface area contributed by atoms with Crippen LogP contribution in [0.1, 0.15) is 52.9 Å². The van der Waals surface area contributed by atoms with Gasteiger partial charge in [0.15, 0.2) is 5.96 Å². The van der Waals surface area contributed by atoms with Crippen LogP contribution in [0, 0.1) is 11.8 Å². The molecule has 0 aromatic heterocycles. The number of likely N-dealkylation sites (tertiary alicyclic amines) is 1. The quantitative estimate of drug-likeness (QED) is 0.270. The second kappa shape index (κ2) is 15.2. The van der Waals surface area contributed by atoms with Crippen molar-refractivity contribution < 1.29 is 5.11 Å². The zero-order chi connectivity index (χ0) is 16.9. The minimum atomic E-state index is 0. The Kier molecular flexibility index (Phi) is 15.1. The summed E-state index contributed by atoms with van der Waals surface area (Å²) in [5.74, 6) is 2.29. The Bertz CT molecular complexity index is 314. The predicted molar refractivity (Wildman–Crippen MR) is 114 cm³/mol.